The molecule has 0 aliphatic heterocycles. The molecule has 0 saturated carbocycles. The van der Waals surface area contributed by atoms with Crippen LogP contribution in [0.3, 0.4) is 0 Å². The van der Waals surface area contributed by atoms with Gasteiger partial charge in [-0.25, -0.2) is 9.78 Å². The van der Waals surface area contributed by atoms with Gasteiger partial charge in [0, 0.05) is 34.4 Å². The molecular weight excluding hydrogens is 432 g/mol. The zero-order valence-corrected chi connectivity index (χ0v) is 18.1. The summed E-state index contributed by atoms with van der Waals surface area (Å²) in [5.41, 5.74) is 4.68. The molecule has 34 heavy (non-hydrogen) atoms. The van der Waals surface area contributed by atoms with E-state index in [0.29, 0.717) is 28.4 Å². The lowest BCUT2D eigenvalue weighted by Crippen LogP contribution is -2.11. The van der Waals surface area contributed by atoms with Crippen molar-refractivity contribution in [2.24, 2.45) is 0 Å². The van der Waals surface area contributed by atoms with Gasteiger partial charge in [0.2, 0.25) is 5.95 Å². The molecular formula is C25H20N6O3. The molecule has 5 aromatic rings. The maximum atomic E-state index is 12.4. The molecule has 0 atom stereocenters. The summed E-state index contributed by atoms with van der Waals surface area (Å²) in [6.07, 6.45) is 1.71. The minimum Gasteiger partial charge on any atom is -0.408 e. The molecule has 0 saturated heterocycles. The van der Waals surface area contributed by atoms with Crippen molar-refractivity contribution in [3.63, 3.8) is 0 Å². The second-order valence-electron chi connectivity index (χ2n) is 7.60. The highest BCUT2D eigenvalue weighted by atomic mass is 16.4. The summed E-state index contributed by atoms with van der Waals surface area (Å²) >= 11 is 0. The molecule has 4 N–H and O–H groups in total. The number of para-hydroxylation sites is 1. The van der Waals surface area contributed by atoms with E-state index in [1.54, 1.807) is 48.7 Å². The number of hydrogen-bond acceptors (Lipinski definition) is 7. The van der Waals surface area contributed by atoms with Gasteiger partial charge in [-0.3, -0.25) is 9.78 Å². The Hall–Kier alpha value is -4.92. The zero-order valence-electron chi connectivity index (χ0n) is 18.1. The molecule has 2 heterocycles. The van der Waals surface area contributed by atoms with Crippen molar-refractivity contribution in [1.82, 2.24) is 15.0 Å². The van der Waals surface area contributed by atoms with E-state index in [1.165, 1.54) is 0 Å². The summed E-state index contributed by atoms with van der Waals surface area (Å²) in [4.78, 5) is 35.3. The first kappa shape index (κ1) is 21.0. The summed E-state index contributed by atoms with van der Waals surface area (Å²) in [5, 5.41) is 9.25. The highest BCUT2D eigenvalue weighted by Crippen LogP contribution is 2.23. The number of rotatable bonds is 6. The minimum atomic E-state index is -0.500. The quantitative estimate of drug-likeness (QED) is 0.287. The zero-order chi connectivity index (χ0) is 23.5. The number of carbonyl (C=O) groups is 1. The molecule has 5 rings (SSSR count). The van der Waals surface area contributed by atoms with Crippen LogP contribution < -0.4 is 21.7 Å². The summed E-state index contributed by atoms with van der Waals surface area (Å²) in [6, 6.07) is 21.6. The maximum Gasteiger partial charge on any atom is 0.417 e. The number of hydrogen-bond donors (Lipinski definition) is 4. The normalized spacial score (nSPS) is 10.7. The van der Waals surface area contributed by atoms with Crippen LogP contribution in [0.2, 0.25) is 0 Å². The van der Waals surface area contributed by atoms with Crippen LogP contribution >= 0.6 is 0 Å². The van der Waals surface area contributed by atoms with E-state index in [4.69, 9.17) is 4.42 Å². The van der Waals surface area contributed by atoms with Crippen molar-refractivity contribution in [2.75, 3.05) is 16.0 Å². The first-order valence-corrected chi connectivity index (χ1v) is 10.5. The molecule has 0 radical (unpaired) electrons. The molecule has 0 aliphatic carbocycles. The fraction of sp³-hybridized carbons (Fsp3) is 0.0400. The molecule has 0 unspecified atom stereocenters. The number of nitrogens with one attached hydrogen (secondary N) is 4. The predicted molar refractivity (Wildman–Crippen MR) is 131 cm³/mol. The van der Waals surface area contributed by atoms with Crippen molar-refractivity contribution in [3.05, 3.63) is 101 Å². The van der Waals surface area contributed by atoms with E-state index in [9.17, 15) is 9.59 Å². The number of nitrogens with zero attached hydrogens (tertiary/aromatic N) is 2. The maximum absolute atomic E-state index is 12.4. The monoisotopic (exact) mass is 452 g/mol. The first-order valence-electron chi connectivity index (χ1n) is 10.5. The number of carbonyl (C=O) groups excluding carboxylic acids is 1. The number of aromatic amines is 1. The number of fused-ring (bicyclic) bond motifs is 1. The van der Waals surface area contributed by atoms with Crippen molar-refractivity contribution in [3.8, 4) is 0 Å². The Morgan fingerprint density at radius 3 is 2.47 bits per heavy atom. The Morgan fingerprint density at radius 1 is 0.912 bits per heavy atom. The van der Waals surface area contributed by atoms with Gasteiger partial charge in [0.1, 0.15) is 5.82 Å². The number of benzene rings is 3. The van der Waals surface area contributed by atoms with Gasteiger partial charge in [-0.05, 0) is 61.5 Å². The predicted octanol–water partition coefficient (Wildman–Crippen LogP) is 4.96. The number of H-pyrrole nitrogens is 1. The second kappa shape index (κ2) is 8.91. The van der Waals surface area contributed by atoms with Gasteiger partial charge in [0.25, 0.3) is 5.91 Å². The van der Waals surface area contributed by atoms with E-state index >= 15 is 0 Å². The van der Waals surface area contributed by atoms with Crippen molar-refractivity contribution < 1.29 is 9.21 Å². The SMILES string of the molecule is Cc1cnc(Nc2ccc(C(=O)Nc3ccccc3)cc2)nc1Nc1ccc2oc(=O)[nH]c2c1. The Morgan fingerprint density at radius 2 is 1.68 bits per heavy atom. The van der Waals surface area contributed by atoms with Gasteiger partial charge in [0.15, 0.2) is 5.58 Å². The largest absolute Gasteiger partial charge is 0.417 e. The van der Waals surface area contributed by atoms with Crippen LogP contribution in [0.4, 0.5) is 28.8 Å². The molecule has 0 spiro atoms. The van der Waals surface area contributed by atoms with Crippen LogP contribution in [0.15, 0.2) is 88.2 Å². The van der Waals surface area contributed by atoms with Crippen LogP contribution in [-0.2, 0) is 0 Å². The van der Waals surface area contributed by atoms with Gasteiger partial charge in [-0.2, -0.15) is 4.98 Å². The number of oxazole rings is 1. The number of anilines is 5. The van der Waals surface area contributed by atoms with Crippen molar-refractivity contribution >= 4 is 45.8 Å². The van der Waals surface area contributed by atoms with Crippen LogP contribution in [0, 0.1) is 6.92 Å². The van der Waals surface area contributed by atoms with E-state index in [-0.39, 0.29) is 5.91 Å². The average Bonchev–Trinajstić information content (AvgIpc) is 3.21. The van der Waals surface area contributed by atoms with Crippen molar-refractivity contribution in [2.45, 2.75) is 6.92 Å². The van der Waals surface area contributed by atoms with Crippen LogP contribution in [0.25, 0.3) is 11.1 Å². The molecule has 0 bridgehead atoms. The summed E-state index contributed by atoms with van der Waals surface area (Å²) in [6.45, 7) is 1.89. The Bertz CT molecular complexity index is 1520. The van der Waals surface area contributed by atoms with E-state index in [0.717, 1.165) is 22.6 Å². The summed E-state index contributed by atoms with van der Waals surface area (Å²) < 4.78 is 5.04. The smallest absolute Gasteiger partial charge is 0.408 e. The lowest BCUT2D eigenvalue weighted by Gasteiger charge is -2.11. The second-order valence-corrected chi connectivity index (χ2v) is 7.60. The number of aryl methyl sites for hydroxylation is 1. The van der Waals surface area contributed by atoms with E-state index in [2.05, 4.69) is 30.9 Å². The van der Waals surface area contributed by atoms with Crippen LogP contribution in [-0.4, -0.2) is 20.9 Å². The highest BCUT2D eigenvalue weighted by molar-refractivity contribution is 6.04. The molecule has 1 amide bonds. The molecule has 0 aliphatic rings. The van der Waals surface area contributed by atoms with Gasteiger partial charge >= 0.3 is 5.76 Å². The van der Waals surface area contributed by atoms with E-state index < -0.39 is 5.76 Å². The van der Waals surface area contributed by atoms with Gasteiger partial charge in [0.05, 0.1) is 5.52 Å². The molecule has 168 valence electrons. The third-order valence-electron chi connectivity index (χ3n) is 5.09. The van der Waals surface area contributed by atoms with E-state index in [1.807, 2.05) is 37.3 Å². The molecule has 2 aromatic heterocycles. The Kier molecular flexibility index (Phi) is 5.49. The highest BCUT2D eigenvalue weighted by Gasteiger charge is 2.09. The summed E-state index contributed by atoms with van der Waals surface area (Å²) in [5.74, 6) is 0.320. The average molecular weight is 452 g/mol. The molecule has 9 heteroatoms. The number of aromatic nitrogens is 3. The Labute approximate surface area is 193 Å². The number of amides is 1. The Balaban J connectivity index is 1.29. The van der Waals surface area contributed by atoms with Crippen molar-refractivity contribution in [1.29, 1.82) is 0 Å². The minimum absolute atomic E-state index is 0.188. The van der Waals surface area contributed by atoms with Gasteiger partial charge < -0.3 is 20.4 Å². The summed E-state index contributed by atoms with van der Waals surface area (Å²) in [7, 11) is 0. The van der Waals surface area contributed by atoms with Gasteiger partial charge in [-0.15, -0.1) is 0 Å². The third-order valence-corrected chi connectivity index (χ3v) is 5.09. The topological polar surface area (TPSA) is 125 Å². The molecule has 3 aromatic carbocycles. The molecule has 9 nitrogen and oxygen atoms in total. The van der Waals surface area contributed by atoms with Gasteiger partial charge in [-0.1, -0.05) is 18.2 Å². The van der Waals surface area contributed by atoms with Crippen LogP contribution in [0.5, 0.6) is 0 Å². The fourth-order valence-electron chi connectivity index (χ4n) is 3.35. The standard InChI is InChI=1S/C25H20N6O3/c1-15-14-26-24(31-22(15)27-19-11-12-21-20(13-19)30-25(33)34-21)29-18-9-7-16(8-10-18)23(32)28-17-5-3-2-4-6-17/h2-14H,1H3,(H,28,32)(H,30,33)(H2,26,27,29,31). The third kappa shape index (κ3) is 4.63. The first-order chi connectivity index (χ1) is 16.5. The fourth-order valence-corrected chi connectivity index (χ4v) is 3.35. The molecule has 0 fully saturated rings. The lowest BCUT2D eigenvalue weighted by atomic mass is 10.2. The van der Waals surface area contributed by atoms with Crippen LogP contribution in [0.1, 0.15) is 15.9 Å². The lowest BCUT2D eigenvalue weighted by molar-refractivity contribution is 0.102.